The second-order valence-corrected chi connectivity index (χ2v) is 2.90. The summed E-state index contributed by atoms with van der Waals surface area (Å²) in [4.78, 5) is 10.6. The van der Waals surface area contributed by atoms with Gasteiger partial charge in [-0.25, -0.2) is 0 Å². The first-order valence-corrected chi connectivity index (χ1v) is 4.27. The van der Waals surface area contributed by atoms with Gasteiger partial charge < -0.3 is 15.2 Å². The molecular formula is C10H13NO3. The molecular weight excluding hydrogens is 182 g/mol. The predicted octanol–water partition coefficient (Wildman–Crippen LogP) is 1.58. The van der Waals surface area contributed by atoms with E-state index in [4.69, 9.17) is 9.84 Å². The Labute approximate surface area is 82.5 Å². The van der Waals surface area contributed by atoms with E-state index in [0.717, 1.165) is 0 Å². The van der Waals surface area contributed by atoms with Crippen LogP contribution in [-0.4, -0.2) is 24.2 Å². The molecule has 1 aromatic rings. The summed E-state index contributed by atoms with van der Waals surface area (Å²) in [6, 6.07) is 6.57. The second-order valence-electron chi connectivity index (χ2n) is 2.90. The normalized spacial score (nSPS) is 11.9. The highest BCUT2D eigenvalue weighted by molar-refractivity contribution is 5.77. The number of aliphatic carboxylic acids is 1. The molecule has 0 unspecified atom stereocenters. The summed E-state index contributed by atoms with van der Waals surface area (Å²) < 4.78 is 5.07. The number of carboxylic acids is 1. The maximum Gasteiger partial charge on any atom is 0.325 e. The minimum Gasteiger partial charge on any atom is -0.495 e. The molecule has 0 aliphatic heterocycles. The van der Waals surface area contributed by atoms with Crippen LogP contribution in [0.4, 0.5) is 5.69 Å². The SMILES string of the molecule is COc1ccccc1N[C@@H](C)C(=O)O. The van der Waals surface area contributed by atoms with Crippen molar-refractivity contribution in [2.24, 2.45) is 0 Å². The molecule has 1 aromatic carbocycles. The third kappa shape index (κ3) is 2.39. The van der Waals surface area contributed by atoms with Crippen LogP contribution in [0.15, 0.2) is 24.3 Å². The number of para-hydroxylation sites is 2. The molecule has 14 heavy (non-hydrogen) atoms. The lowest BCUT2D eigenvalue weighted by molar-refractivity contribution is -0.137. The van der Waals surface area contributed by atoms with Crippen LogP contribution in [0.2, 0.25) is 0 Å². The van der Waals surface area contributed by atoms with Gasteiger partial charge >= 0.3 is 5.97 Å². The molecule has 0 heterocycles. The van der Waals surface area contributed by atoms with Gasteiger partial charge in [-0.2, -0.15) is 0 Å². The van der Waals surface area contributed by atoms with Gasteiger partial charge in [-0.15, -0.1) is 0 Å². The van der Waals surface area contributed by atoms with Crippen molar-refractivity contribution in [3.8, 4) is 5.75 Å². The summed E-state index contributed by atoms with van der Waals surface area (Å²) in [5.74, 6) is -0.253. The van der Waals surface area contributed by atoms with Crippen molar-refractivity contribution in [1.29, 1.82) is 0 Å². The van der Waals surface area contributed by atoms with Gasteiger partial charge in [-0.05, 0) is 19.1 Å². The fourth-order valence-electron chi connectivity index (χ4n) is 1.06. The van der Waals surface area contributed by atoms with Gasteiger partial charge in [0, 0.05) is 0 Å². The van der Waals surface area contributed by atoms with Crippen molar-refractivity contribution in [2.45, 2.75) is 13.0 Å². The number of carboxylic acid groups (broad SMARTS) is 1. The highest BCUT2D eigenvalue weighted by Crippen LogP contribution is 2.23. The summed E-state index contributed by atoms with van der Waals surface area (Å²) in [7, 11) is 1.55. The third-order valence-electron chi connectivity index (χ3n) is 1.85. The van der Waals surface area contributed by atoms with Gasteiger partial charge in [0.2, 0.25) is 0 Å². The van der Waals surface area contributed by atoms with E-state index >= 15 is 0 Å². The maximum absolute atomic E-state index is 10.6. The number of nitrogens with one attached hydrogen (secondary N) is 1. The maximum atomic E-state index is 10.6. The van der Waals surface area contributed by atoms with Crippen LogP contribution < -0.4 is 10.1 Å². The Morgan fingerprint density at radius 3 is 2.71 bits per heavy atom. The number of methoxy groups -OCH3 is 1. The van der Waals surface area contributed by atoms with E-state index in [9.17, 15) is 4.79 Å². The van der Waals surface area contributed by atoms with Crippen LogP contribution in [-0.2, 0) is 4.79 Å². The topological polar surface area (TPSA) is 58.6 Å². The van der Waals surface area contributed by atoms with E-state index in [2.05, 4.69) is 5.32 Å². The molecule has 2 N–H and O–H groups in total. The van der Waals surface area contributed by atoms with Crippen molar-refractivity contribution in [1.82, 2.24) is 0 Å². The number of ether oxygens (including phenoxy) is 1. The van der Waals surface area contributed by atoms with E-state index in [1.165, 1.54) is 0 Å². The standard InChI is InChI=1S/C10H13NO3/c1-7(10(12)13)11-8-5-3-4-6-9(8)14-2/h3-7,11H,1-2H3,(H,12,13)/t7-/m0/s1. The molecule has 0 aliphatic rings. The highest BCUT2D eigenvalue weighted by atomic mass is 16.5. The quantitative estimate of drug-likeness (QED) is 0.765. The Morgan fingerprint density at radius 2 is 2.14 bits per heavy atom. The fourth-order valence-corrected chi connectivity index (χ4v) is 1.06. The van der Waals surface area contributed by atoms with Gasteiger partial charge in [-0.1, -0.05) is 12.1 Å². The van der Waals surface area contributed by atoms with E-state index in [0.29, 0.717) is 11.4 Å². The number of hydrogen-bond acceptors (Lipinski definition) is 3. The molecule has 0 fully saturated rings. The molecule has 0 aliphatic carbocycles. The molecule has 4 heteroatoms. The van der Waals surface area contributed by atoms with Crippen LogP contribution >= 0.6 is 0 Å². The first-order valence-electron chi connectivity index (χ1n) is 4.27. The summed E-state index contributed by atoms with van der Waals surface area (Å²) in [6.45, 7) is 1.58. The first kappa shape index (κ1) is 10.4. The number of benzene rings is 1. The lowest BCUT2D eigenvalue weighted by atomic mass is 10.2. The van der Waals surface area contributed by atoms with Crippen molar-refractivity contribution >= 4 is 11.7 Å². The molecule has 0 amide bonds. The van der Waals surface area contributed by atoms with Crippen molar-refractivity contribution < 1.29 is 14.6 Å². The summed E-state index contributed by atoms with van der Waals surface area (Å²) in [6.07, 6.45) is 0. The molecule has 0 saturated heterocycles. The summed E-state index contributed by atoms with van der Waals surface area (Å²) >= 11 is 0. The molecule has 1 atom stereocenters. The summed E-state index contributed by atoms with van der Waals surface area (Å²) in [5, 5.41) is 11.5. The van der Waals surface area contributed by atoms with Crippen LogP contribution in [0.3, 0.4) is 0 Å². The molecule has 1 rings (SSSR count). The van der Waals surface area contributed by atoms with Gasteiger partial charge in [0.05, 0.1) is 12.8 Å². The zero-order valence-corrected chi connectivity index (χ0v) is 8.15. The number of hydrogen-bond donors (Lipinski definition) is 2. The minimum atomic E-state index is -0.893. The van der Waals surface area contributed by atoms with E-state index in [-0.39, 0.29) is 0 Å². The molecule has 0 radical (unpaired) electrons. The predicted molar refractivity (Wildman–Crippen MR) is 53.7 cm³/mol. The molecule has 0 aromatic heterocycles. The van der Waals surface area contributed by atoms with Gasteiger partial charge in [-0.3, -0.25) is 4.79 Å². The van der Waals surface area contributed by atoms with Crippen LogP contribution in [0, 0.1) is 0 Å². The highest BCUT2D eigenvalue weighted by Gasteiger charge is 2.11. The monoisotopic (exact) mass is 195 g/mol. The zero-order chi connectivity index (χ0) is 10.6. The molecule has 0 spiro atoms. The molecule has 0 bridgehead atoms. The number of anilines is 1. The van der Waals surface area contributed by atoms with E-state index in [1.807, 2.05) is 12.1 Å². The Kier molecular flexibility index (Phi) is 3.34. The van der Waals surface area contributed by atoms with Crippen molar-refractivity contribution in [3.05, 3.63) is 24.3 Å². The molecule has 0 saturated carbocycles. The minimum absolute atomic E-state index is 0.633. The average molecular weight is 195 g/mol. The Balaban J connectivity index is 2.80. The fraction of sp³-hybridized carbons (Fsp3) is 0.300. The van der Waals surface area contributed by atoms with Gasteiger partial charge in [0.15, 0.2) is 0 Å². The molecule has 76 valence electrons. The van der Waals surface area contributed by atoms with E-state index < -0.39 is 12.0 Å². The van der Waals surface area contributed by atoms with Gasteiger partial charge in [0.1, 0.15) is 11.8 Å². The average Bonchev–Trinajstić information content (AvgIpc) is 2.18. The second kappa shape index (κ2) is 4.50. The van der Waals surface area contributed by atoms with Crippen molar-refractivity contribution in [3.63, 3.8) is 0 Å². The number of rotatable bonds is 4. The van der Waals surface area contributed by atoms with Crippen molar-refractivity contribution in [2.75, 3.05) is 12.4 Å². The van der Waals surface area contributed by atoms with Gasteiger partial charge in [0.25, 0.3) is 0 Å². The lowest BCUT2D eigenvalue weighted by Crippen LogP contribution is -2.25. The van der Waals surface area contributed by atoms with Crippen LogP contribution in [0.25, 0.3) is 0 Å². The number of carbonyl (C=O) groups is 1. The van der Waals surface area contributed by atoms with Crippen LogP contribution in [0.1, 0.15) is 6.92 Å². The van der Waals surface area contributed by atoms with Crippen LogP contribution in [0.5, 0.6) is 5.75 Å². The Morgan fingerprint density at radius 1 is 1.50 bits per heavy atom. The third-order valence-corrected chi connectivity index (χ3v) is 1.85. The molecule has 4 nitrogen and oxygen atoms in total. The Bertz CT molecular complexity index is 325. The Hall–Kier alpha value is -1.71. The zero-order valence-electron chi connectivity index (χ0n) is 8.15. The van der Waals surface area contributed by atoms with E-state index in [1.54, 1.807) is 26.2 Å². The lowest BCUT2D eigenvalue weighted by Gasteiger charge is -2.13. The smallest absolute Gasteiger partial charge is 0.325 e. The largest absolute Gasteiger partial charge is 0.495 e. The first-order chi connectivity index (χ1) is 6.65. The summed E-state index contributed by atoms with van der Waals surface area (Å²) in [5.41, 5.74) is 0.685.